The summed E-state index contributed by atoms with van der Waals surface area (Å²) in [6, 6.07) is 4.19. The molecule has 102 valence electrons. The highest BCUT2D eigenvalue weighted by Gasteiger charge is 2.36. The lowest BCUT2D eigenvalue weighted by Gasteiger charge is -2.15. The minimum absolute atomic E-state index is 0.150. The van der Waals surface area contributed by atoms with E-state index in [1.807, 2.05) is 11.4 Å². The second-order valence-corrected chi connectivity index (χ2v) is 6.55. The summed E-state index contributed by atoms with van der Waals surface area (Å²) in [6.07, 6.45) is 0. The molecule has 1 aliphatic rings. The summed E-state index contributed by atoms with van der Waals surface area (Å²) in [5.41, 5.74) is 0.420. The SMILES string of the molecule is O=C1C(=O)N(Cc2cc(Br)cs2)c2cc(F)c(Cl)cc21. The zero-order valence-electron chi connectivity index (χ0n) is 9.82. The van der Waals surface area contributed by atoms with Crippen molar-refractivity contribution in [2.24, 2.45) is 0 Å². The van der Waals surface area contributed by atoms with Crippen LogP contribution in [-0.4, -0.2) is 11.7 Å². The summed E-state index contributed by atoms with van der Waals surface area (Å²) < 4.78 is 14.5. The lowest BCUT2D eigenvalue weighted by atomic mass is 10.1. The zero-order valence-corrected chi connectivity index (χ0v) is 13.0. The molecule has 0 unspecified atom stereocenters. The smallest absolute Gasteiger partial charge is 0.299 e. The first-order valence-corrected chi connectivity index (χ1v) is 7.60. The number of ketones is 1. The molecule has 2 aromatic rings. The number of anilines is 1. The fraction of sp³-hybridized carbons (Fsp3) is 0.0769. The second-order valence-electron chi connectivity index (χ2n) is 4.24. The summed E-state index contributed by atoms with van der Waals surface area (Å²) in [5.74, 6) is -1.96. The minimum atomic E-state index is -0.661. The number of carbonyl (C=O) groups excluding carboxylic acids is 2. The summed E-state index contributed by atoms with van der Waals surface area (Å²) in [6.45, 7) is 0.231. The molecule has 3 rings (SSSR count). The van der Waals surface area contributed by atoms with Crippen LogP contribution in [0.25, 0.3) is 0 Å². The van der Waals surface area contributed by atoms with Crippen LogP contribution in [0.5, 0.6) is 0 Å². The average molecular weight is 375 g/mol. The first-order chi connectivity index (χ1) is 9.47. The molecular weight excluding hydrogens is 369 g/mol. The molecule has 1 aliphatic heterocycles. The molecule has 0 spiro atoms. The predicted molar refractivity (Wildman–Crippen MR) is 78.9 cm³/mol. The van der Waals surface area contributed by atoms with Gasteiger partial charge < -0.3 is 0 Å². The van der Waals surface area contributed by atoms with E-state index in [1.165, 1.54) is 22.3 Å². The van der Waals surface area contributed by atoms with E-state index in [0.29, 0.717) is 0 Å². The fourth-order valence-electron chi connectivity index (χ4n) is 2.04. The largest absolute Gasteiger partial charge is 0.299 e. The lowest BCUT2D eigenvalue weighted by molar-refractivity contribution is -0.114. The first kappa shape index (κ1) is 13.7. The van der Waals surface area contributed by atoms with Crippen LogP contribution in [-0.2, 0) is 11.3 Å². The number of nitrogens with zero attached hydrogens (tertiary/aromatic N) is 1. The van der Waals surface area contributed by atoms with Gasteiger partial charge in [0.05, 0.1) is 22.8 Å². The van der Waals surface area contributed by atoms with E-state index in [2.05, 4.69) is 15.9 Å². The number of halogens is 3. The van der Waals surface area contributed by atoms with Gasteiger partial charge in [-0.15, -0.1) is 11.3 Å². The maximum atomic E-state index is 13.6. The van der Waals surface area contributed by atoms with E-state index in [0.717, 1.165) is 15.4 Å². The summed E-state index contributed by atoms with van der Waals surface area (Å²) in [4.78, 5) is 26.1. The molecule has 1 aromatic carbocycles. The number of rotatable bonds is 2. The van der Waals surface area contributed by atoms with Crippen LogP contribution >= 0.6 is 38.9 Å². The molecule has 0 N–H and O–H groups in total. The summed E-state index contributed by atoms with van der Waals surface area (Å²) in [5, 5.41) is 1.71. The van der Waals surface area contributed by atoms with Crippen molar-refractivity contribution in [2.45, 2.75) is 6.54 Å². The van der Waals surface area contributed by atoms with E-state index in [4.69, 9.17) is 11.6 Å². The highest BCUT2D eigenvalue weighted by Crippen LogP contribution is 2.35. The quantitative estimate of drug-likeness (QED) is 0.744. The highest BCUT2D eigenvalue weighted by molar-refractivity contribution is 9.10. The van der Waals surface area contributed by atoms with Crippen molar-refractivity contribution >= 4 is 56.2 Å². The van der Waals surface area contributed by atoms with Gasteiger partial charge in [-0.3, -0.25) is 14.5 Å². The Morgan fingerprint density at radius 2 is 2.05 bits per heavy atom. The van der Waals surface area contributed by atoms with Crippen LogP contribution in [0.1, 0.15) is 15.2 Å². The number of amides is 1. The second kappa shape index (κ2) is 4.95. The highest BCUT2D eigenvalue weighted by atomic mass is 79.9. The van der Waals surface area contributed by atoms with Gasteiger partial charge in [-0.05, 0) is 34.1 Å². The number of hydrogen-bond acceptors (Lipinski definition) is 3. The van der Waals surface area contributed by atoms with Crippen molar-refractivity contribution in [3.8, 4) is 0 Å². The maximum absolute atomic E-state index is 13.6. The molecule has 0 atom stereocenters. The van der Waals surface area contributed by atoms with Gasteiger partial charge in [0.1, 0.15) is 5.82 Å². The van der Waals surface area contributed by atoms with E-state index < -0.39 is 17.5 Å². The topological polar surface area (TPSA) is 37.4 Å². The molecule has 0 bridgehead atoms. The number of hydrogen-bond donors (Lipinski definition) is 0. The zero-order chi connectivity index (χ0) is 14.4. The third-order valence-electron chi connectivity index (χ3n) is 2.95. The number of carbonyl (C=O) groups is 2. The molecule has 7 heteroatoms. The Hall–Kier alpha value is -1.24. The van der Waals surface area contributed by atoms with E-state index >= 15 is 0 Å². The Balaban J connectivity index is 2.03. The Labute approximate surface area is 131 Å². The van der Waals surface area contributed by atoms with E-state index in [9.17, 15) is 14.0 Å². The molecular formula is C13H6BrClFNO2S. The van der Waals surface area contributed by atoms with Gasteiger partial charge in [0.25, 0.3) is 11.7 Å². The molecule has 0 saturated heterocycles. The van der Waals surface area contributed by atoms with Crippen molar-refractivity contribution in [3.05, 3.63) is 49.3 Å². The standard InChI is InChI=1S/C13H6BrClFNO2S/c14-6-1-7(20-5-6)4-17-11-3-10(16)9(15)2-8(11)12(18)13(17)19/h1-3,5H,4H2. The number of benzene rings is 1. The molecule has 0 fully saturated rings. The Morgan fingerprint density at radius 1 is 1.30 bits per heavy atom. The molecule has 0 saturated carbocycles. The molecule has 2 heterocycles. The van der Waals surface area contributed by atoms with Crippen LogP contribution in [0.15, 0.2) is 28.1 Å². The molecule has 0 aliphatic carbocycles. The van der Waals surface area contributed by atoms with Gasteiger partial charge in [0, 0.05) is 14.7 Å². The molecule has 0 radical (unpaired) electrons. The molecule has 1 amide bonds. The third kappa shape index (κ3) is 2.17. The predicted octanol–water partition coefficient (Wildman–Crippen LogP) is 4.03. The van der Waals surface area contributed by atoms with Gasteiger partial charge in [-0.2, -0.15) is 0 Å². The van der Waals surface area contributed by atoms with Crippen molar-refractivity contribution in [1.29, 1.82) is 0 Å². The van der Waals surface area contributed by atoms with E-state index in [-0.39, 0.29) is 22.8 Å². The van der Waals surface area contributed by atoms with Crippen molar-refractivity contribution < 1.29 is 14.0 Å². The van der Waals surface area contributed by atoms with Crippen LogP contribution in [0, 0.1) is 5.82 Å². The number of fused-ring (bicyclic) bond motifs is 1. The fourth-order valence-corrected chi connectivity index (χ4v) is 3.64. The molecule has 3 nitrogen and oxygen atoms in total. The Morgan fingerprint density at radius 3 is 2.70 bits per heavy atom. The Bertz CT molecular complexity index is 746. The number of thiophene rings is 1. The van der Waals surface area contributed by atoms with Gasteiger partial charge in [-0.1, -0.05) is 11.6 Å². The summed E-state index contributed by atoms with van der Waals surface area (Å²) in [7, 11) is 0. The lowest BCUT2D eigenvalue weighted by Crippen LogP contribution is -2.28. The van der Waals surface area contributed by atoms with Crippen LogP contribution in [0.4, 0.5) is 10.1 Å². The van der Waals surface area contributed by atoms with Crippen molar-refractivity contribution in [2.75, 3.05) is 4.90 Å². The monoisotopic (exact) mass is 373 g/mol. The van der Waals surface area contributed by atoms with E-state index in [1.54, 1.807) is 0 Å². The Kier molecular flexibility index (Phi) is 3.40. The van der Waals surface area contributed by atoms with Gasteiger partial charge in [0.15, 0.2) is 0 Å². The van der Waals surface area contributed by atoms with Crippen LogP contribution in [0.3, 0.4) is 0 Å². The molecule has 20 heavy (non-hydrogen) atoms. The van der Waals surface area contributed by atoms with Gasteiger partial charge in [-0.25, -0.2) is 4.39 Å². The summed E-state index contributed by atoms with van der Waals surface area (Å²) >= 11 is 10.4. The van der Waals surface area contributed by atoms with Crippen molar-refractivity contribution in [1.82, 2.24) is 0 Å². The van der Waals surface area contributed by atoms with Crippen LogP contribution in [0.2, 0.25) is 5.02 Å². The molecule has 1 aromatic heterocycles. The normalized spacial score (nSPS) is 14.1. The van der Waals surface area contributed by atoms with Crippen LogP contribution < -0.4 is 4.90 Å². The van der Waals surface area contributed by atoms with Gasteiger partial charge in [0.2, 0.25) is 0 Å². The minimum Gasteiger partial charge on any atom is -0.299 e. The van der Waals surface area contributed by atoms with Gasteiger partial charge >= 0.3 is 0 Å². The van der Waals surface area contributed by atoms with Crippen molar-refractivity contribution in [3.63, 3.8) is 0 Å². The third-order valence-corrected chi connectivity index (χ3v) is 4.92. The average Bonchev–Trinajstić information content (AvgIpc) is 2.90. The first-order valence-electron chi connectivity index (χ1n) is 5.55. The maximum Gasteiger partial charge on any atom is 0.299 e. The number of Topliss-reactive ketones (excluding diaryl/α,β-unsaturated/α-hetero) is 1.